The van der Waals surface area contributed by atoms with Crippen molar-refractivity contribution in [3.05, 3.63) is 57.8 Å². The average molecular weight is 369 g/mol. The van der Waals surface area contributed by atoms with Crippen molar-refractivity contribution in [1.29, 1.82) is 5.26 Å². The van der Waals surface area contributed by atoms with Crippen LogP contribution in [0.3, 0.4) is 0 Å². The minimum absolute atomic E-state index is 0.0395. The van der Waals surface area contributed by atoms with Gasteiger partial charge in [0.25, 0.3) is 10.0 Å². The molecule has 108 valence electrons. The van der Waals surface area contributed by atoms with Crippen LogP contribution in [0.1, 0.15) is 11.1 Å². The van der Waals surface area contributed by atoms with Crippen molar-refractivity contribution in [1.82, 2.24) is 0 Å². The zero-order chi connectivity index (χ0) is 15.6. The lowest BCUT2D eigenvalue weighted by Gasteiger charge is -2.12. The molecule has 0 aliphatic rings. The van der Waals surface area contributed by atoms with Gasteiger partial charge in [0.1, 0.15) is 5.82 Å². The van der Waals surface area contributed by atoms with Crippen LogP contribution in [-0.2, 0) is 10.0 Å². The molecule has 2 aromatic rings. The molecule has 1 N–H and O–H groups in total. The quantitative estimate of drug-likeness (QED) is 0.899. The first kappa shape index (κ1) is 15.5. The van der Waals surface area contributed by atoms with E-state index in [1.165, 1.54) is 30.3 Å². The average Bonchev–Trinajstić information content (AvgIpc) is 2.42. The van der Waals surface area contributed by atoms with Gasteiger partial charge in [-0.25, -0.2) is 12.8 Å². The molecule has 0 radical (unpaired) electrons. The summed E-state index contributed by atoms with van der Waals surface area (Å²) in [4.78, 5) is 0.0395. The first-order chi connectivity index (χ1) is 9.83. The fraction of sp³-hybridized carbons (Fsp3) is 0.0714. The fourth-order valence-electron chi connectivity index (χ4n) is 1.80. The Hall–Kier alpha value is -1.91. The van der Waals surface area contributed by atoms with Crippen LogP contribution in [-0.4, -0.2) is 8.42 Å². The molecule has 2 rings (SSSR count). The van der Waals surface area contributed by atoms with Crippen molar-refractivity contribution in [3.63, 3.8) is 0 Å². The number of nitrogens with one attached hydrogen (secondary N) is 1. The molecule has 0 atom stereocenters. The second kappa shape index (κ2) is 5.84. The first-order valence-corrected chi connectivity index (χ1v) is 8.10. The van der Waals surface area contributed by atoms with E-state index < -0.39 is 15.8 Å². The van der Waals surface area contributed by atoms with Gasteiger partial charge >= 0.3 is 0 Å². The molecule has 0 bridgehead atoms. The van der Waals surface area contributed by atoms with E-state index in [1.54, 1.807) is 6.92 Å². The Kier molecular flexibility index (Phi) is 4.30. The van der Waals surface area contributed by atoms with Gasteiger partial charge in [-0.05, 0) is 64.8 Å². The highest BCUT2D eigenvalue weighted by Crippen LogP contribution is 2.27. The summed E-state index contributed by atoms with van der Waals surface area (Å²) >= 11 is 3.16. The van der Waals surface area contributed by atoms with Crippen molar-refractivity contribution in [2.75, 3.05) is 4.72 Å². The molecule has 2 aromatic carbocycles. The first-order valence-electron chi connectivity index (χ1n) is 5.82. The van der Waals surface area contributed by atoms with Crippen molar-refractivity contribution in [2.45, 2.75) is 11.8 Å². The smallest absolute Gasteiger partial charge is 0.262 e. The van der Waals surface area contributed by atoms with Crippen LogP contribution >= 0.6 is 15.9 Å². The van der Waals surface area contributed by atoms with E-state index in [1.807, 2.05) is 6.07 Å². The second-order valence-corrected chi connectivity index (χ2v) is 6.83. The Labute approximate surface area is 130 Å². The number of sulfonamides is 1. The fourth-order valence-corrected chi connectivity index (χ4v) is 3.57. The van der Waals surface area contributed by atoms with Crippen LogP contribution in [0.15, 0.2) is 45.8 Å². The molecular formula is C14H10BrFN2O2S. The number of halogens is 2. The van der Waals surface area contributed by atoms with Crippen LogP contribution in [0, 0.1) is 24.1 Å². The Morgan fingerprint density at radius 2 is 1.95 bits per heavy atom. The third-order valence-corrected chi connectivity index (χ3v) is 4.98. The van der Waals surface area contributed by atoms with Crippen molar-refractivity contribution in [2.24, 2.45) is 0 Å². The number of hydrogen-bond acceptors (Lipinski definition) is 3. The summed E-state index contributed by atoms with van der Waals surface area (Å²) in [6, 6.07) is 9.91. The van der Waals surface area contributed by atoms with Crippen molar-refractivity contribution < 1.29 is 12.8 Å². The molecule has 0 spiro atoms. The molecule has 21 heavy (non-hydrogen) atoms. The predicted octanol–water partition coefficient (Wildman–Crippen LogP) is 3.57. The van der Waals surface area contributed by atoms with Gasteiger partial charge in [0.15, 0.2) is 0 Å². The summed E-state index contributed by atoms with van der Waals surface area (Å²) in [5, 5.41) is 8.79. The third-order valence-electron chi connectivity index (χ3n) is 2.77. The monoisotopic (exact) mass is 368 g/mol. The Bertz CT molecular complexity index is 845. The topological polar surface area (TPSA) is 70.0 Å². The Morgan fingerprint density at radius 1 is 1.24 bits per heavy atom. The Balaban J connectivity index is 2.44. The molecule has 0 fully saturated rings. The van der Waals surface area contributed by atoms with Gasteiger partial charge in [-0.15, -0.1) is 0 Å². The molecule has 0 saturated heterocycles. The molecule has 0 aromatic heterocycles. The number of nitriles is 1. The van der Waals surface area contributed by atoms with E-state index in [2.05, 4.69) is 20.7 Å². The van der Waals surface area contributed by atoms with Crippen LogP contribution in [0.2, 0.25) is 0 Å². The predicted molar refractivity (Wildman–Crippen MR) is 80.8 cm³/mol. The SMILES string of the molecule is Cc1cc(C#N)ccc1S(=O)(=O)Nc1cc(F)ccc1Br. The van der Waals surface area contributed by atoms with E-state index in [0.717, 1.165) is 6.07 Å². The van der Waals surface area contributed by atoms with Gasteiger partial charge in [0, 0.05) is 4.47 Å². The number of aryl methyl sites for hydroxylation is 1. The number of hydrogen-bond donors (Lipinski definition) is 1. The van der Waals surface area contributed by atoms with Crippen LogP contribution in [0.4, 0.5) is 10.1 Å². The lowest BCUT2D eigenvalue weighted by Crippen LogP contribution is -2.14. The molecule has 0 amide bonds. The Morgan fingerprint density at radius 3 is 2.57 bits per heavy atom. The zero-order valence-electron chi connectivity index (χ0n) is 10.9. The van der Waals surface area contributed by atoms with Gasteiger partial charge < -0.3 is 0 Å². The van der Waals surface area contributed by atoms with E-state index >= 15 is 0 Å². The highest BCUT2D eigenvalue weighted by Gasteiger charge is 2.18. The summed E-state index contributed by atoms with van der Waals surface area (Å²) in [6.45, 7) is 1.59. The third kappa shape index (κ3) is 3.40. The normalized spacial score (nSPS) is 11.0. The van der Waals surface area contributed by atoms with Crippen LogP contribution in [0.5, 0.6) is 0 Å². The summed E-state index contributed by atoms with van der Waals surface area (Å²) in [5.74, 6) is -0.549. The lowest BCUT2D eigenvalue weighted by atomic mass is 10.2. The molecular weight excluding hydrogens is 359 g/mol. The molecule has 0 aliphatic carbocycles. The molecule has 0 unspecified atom stereocenters. The zero-order valence-corrected chi connectivity index (χ0v) is 13.3. The van der Waals surface area contributed by atoms with Gasteiger partial charge in [0.05, 0.1) is 22.2 Å². The van der Waals surface area contributed by atoms with Gasteiger partial charge in [-0.2, -0.15) is 5.26 Å². The summed E-state index contributed by atoms with van der Waals surface area (Å²) in [5.41, 5.74) is 0.922. The standard InChI is InChI=1S/C14H10BrFN2O2S/c1-9-6-10(8-17)2-5-14(9)21(19,20)18-13-7-11(16)3-4-12(13)15/h2-7,18H,1H3. The van der Waals surface area contributed by atoms with E-state index in [4.69, 9.17) is 5.26 Å². The minimum atomic E-state index is -3.86. The molecule has 4 nitrogen and oxygen atoms in total. The largest absolute Gasteiger partial charge is 0.278 e. The van der Waals surface area contributed by atoms with E-state index in [9.17, 15) is 12.8 Å². The van der Waals surface area contributed by atoms with Crippen LogP contribution in [0.25, 0.3) is 0 Å². The second-order valence-electron chi connectivity index (χ2n) is 4.32. The maximum absolute atomic E-state index is 13.2. The minimum Gasteiger partial charge on any atom is -0.278 e. The van der Waals surface area contributed by atoms with Gasteiger partial charge in [0.2, 0.25) is 0 Å². The number of rotatable bonds is 3. The number of benzene rings is 2. The van der Waals surface area contributed by atoms with Crippen LogP contribution < -0.4 is 4.72 Å². The van der Waals surface area contributed by atoms with Crippen molar-refractivity contribution >= 4 is 31.6 Å². The maximum atomic E-state index is 13.2. The molecule has 7 heteroatoms. The summed E-state index contributed by atoms with van der Waals surface area (Å²) < 4.78 is 40.7. The summed E-state index contributed by atoms with van der Waals surface area (Å²) in [7, 11) is -3.86. The molecule has 0 heterocycles. The highest BCUT2D eigenvalue weighted by molar-refractivity contribution is 9.10. The summed E-state index contributed by atoms with van der Waals surface area (Å²) in [6.07, 6.45) is 0. The van der Waals surface area contributed by atoms with Gasteiger partial charge in [-0.1, -0.05) is 0 Å². The van der Waals surface area contributed by atoms with Gasteiger partial charge in [-0.3, -0.25) is 4.72 Å². The van der Waals surface area contributed by atoms with E-state index in [-0.39, 0.29) is 10.6 Å². The highest BCUT2D eigenvalue weighted by atomic mass is 79.9. The van der Waals surface area contributed by atoms with E-state index in [0.29, 0.717) is 15.6 Å². The lowest BCUT2D eigenvalue weighted by molar-refractivity contribution is 0.600. The number of anilines is 1. The molecule has 0 aliphatic heterocycles. The van der Waals surface area contributed by atoms with Crippen molar-refractivity contribution in [3.8, 4) is 6.07 Å². The molecule has 0 saturated carbocycles. The number of nitrogens with zero attached hydrogens (tertiary/aromatic N) is 1. The maximum Gasteiger partial charge on any atom is 0.262 e.